The van der Waals surface area contributed by atoms with Gasteiger partial charge in [0.05, 0.1) is 15.9 Å². The lowest BCUT2D eigenvalue weighted by Gasteiger charge is -2.06. The van der Waals surface area contributed by atoms with Crippen LogP contribution in [0.4, 0.5) is 4.39 Å². The summed E-state index contributed by atoms with van der Waals surface area (Å²) in [6.07, 6.45) is 0. The molecule has 0 fully saturated rings. The van der Waals surface area contributed by atoms with E-state index in [0.717, 1.165) is 21.4 Å². The highest BCUT2D eigenvalue weighted by molar-refractivity contribution is 9.10. The van der Waals surface area contributed by atoms with Crippen molar-refractivity contribution in [1.82, 2.24) is 9.78 Å². The van der Waals surface area contributed by atoms with Crippen molar-refractivity contribution in [2.75, 3.05) is 0 Å². The molecule has 4 heteroatoms. The van der Waals surface area contributed by atoms with Gasteiger partial charge >= 0.3 is 0 Å². The van der Waals surface area contributed by atoms with Crippen LogP contribution in [0.5, 0.6) is 0 Å². The van der Waals surface area contributed by atoms with E-state index in [1.807, 2.05) is 27.0 Å². The van der Waals surface area contributed by atoms with Crippen LogP contribution in [-0.4, -0.2) is 9.78 Å². The molecule has 84 valence electrons. The zero-order valence-electron chi connectivity index (χ0n) is 9.38. The number of nitrogens with zero attached hydrogens (tertiary/aromatic N) is 2. The summed E-state index contributed by atoms with van der Waals surface area (Å²) < 4.78 is 16.3. The second kappa shape index (κ2) is 4.01. The van der Waals surface area contributed by atoms with Crippen molar-refractivity contribution in [1.29, 1.82) is 0 Å². The monoisotopic (exact) mass is 282 g/mol. The Balaban J connectivity index is 2.71. The van der Waals surface area contributed by atoms with Gasteiger partial charge in [-0.05, 0) is 41.9 Å². The Hall–Kier alpha value is -1.16. The Morgan fingerprint density at radius 3 is 2.56 bits per heavy atom. The van der Waals surface area contributed by atoms with Gasteiger partial charge in [-0.3, -0.25) is 4.68 Å². The van der Waals surface area contributed by atoms with Gasteiger partial charge in [-0.15, -0.1) is 0 Å². The number of halogens is 2. The minimum absolute atomic E-state index is 0.227. The van der Waals surface area contributed by atoms with E-state index in [9.17, 15) is 4.39 Å². The molecule has 16 heavy (non-hydrogen) atoms. The molecule has 0 saturated heterocycles. The quantitative estimate of drug-likeness (QED) is 0.781. The van der Waals surface area contributed by atoms with Crippen LogP contribution in [0.15, 0.2) is 22.7 Å². The molecule has 0 aliphatic rings. The molecule has 0 spiro atoms. The molecule has 0 atom stereocenters. The molecular formula is C12H12BrFN2. The average Bonchev–Trinajstić information content (AvgIpc) is 2.46. The van der Waals surface area contributed by atoms with Crippen LogP contribution in [0.25, 0.3) is 11.3 Å². The fraction of sp³-hybridized carbons (Fsp3) is 0.250. The molecule has 0 aliphatic heterocycles. The third-order valence-corrected chi connectivity index (χ3v) is 3.48. The minimum Gasteiger partial charge on any atom is -0.266 e. The summed E-state index contributed by atoms with van der Waals surface area (Å²) >= 11 is 3.45. The lowest BCUT2D eigenvalue weighted by atomic mass is 10.1. The van der Waals surface area contributed by atoms with Gasteiger partial charge in [0, 0.05) is 12.6 Å². The zero-order chi connectivity index (χ0) is 11.9. The van der Waals surface area contributed by atoms with Crippen LogP contribution >= 0.6 is 15.9 Å². The molecule has 0 amide bonds. The molecule has 0 aliphatic carbocycles. The summed E-state index contributed by atoms with van der Waals surface area (Å²) in [6, 6.07) is 5.08. The molecule has 0 radical (unpaired) electrons. The predicted molar refractivity (Wildman–Crippen MR) is 65.8 cm³/mol. The largest absolute Gasteiger partial charge is 0.266 e. The molecule has 0 bridgehead atoms. The van der Waals surface area contributed by atoms with E-state index < -0.39 is 0 Å². The highest BCUT2D eigenvalue weighted by Crippen LogP contribution is 2.32. The first-order chi connectivity index (χ1) is 7.50. The van der Waals surface area contributed by atoms with E-state index in [1.54, 1.807) is 10.7 Å². The molecule has 0 saturated carbocycles. The zero-order valence-corrected chi connectivity index (χ0v) is 11.0. The van der Waals surface area contributed by atoms with E-state index in [4.69, 9.17) is 0 Å². The fourth-order valence-corrected chi connectivity index (χ4v) is 2.29. The maximum Gasteiger partial charge on any atom is 0.132 e. The van der Waals surface area contributed by atoms with Crippen molar-refractivity contribution < 1.29 is 4.39 Å². The van der Waals surface area contributed by atoms with Crippen LogP contribution in [-0.2, 0) is 7.05 Å². The van der Waals surface area contributed by atoms with E-state index in [-0.39, 0.29) is 5.82 Å². The minimum atomic E-state index is -0.227. The summed E-state index contributed by atoms with van der Waals surface area (Å²) in [5.74, 6) is -0.227. The maximum absolute atomic E-state index is 13.8. The first-order valence-electron chi connectivity index (χ1n) is 4.96. The van der Waals surface area contributed by atoms with Crippen LogP contribution in [0.3, 0.4) is 0 Å². The summed E-state index contributed by atoms with van der Waals surface area (Å²) in [4.78, 5) is 0. The molecule has 1 aromatic heterocycles. The van der Waals surface area contributed by atoms with Crippen molar-refractivity contribution in [3.05, 3.63) is 39.7 Å². The Kier molecular flexibility index (Phi) is 2.84. The van der Waals surface area contributed by atoms with Crippen molar-refractivity contribution in [3.8, 4) is 11.3 Å². The number of rotatable bonds is 1. The Labute approximate surface area is 102 Å². The number of benzene rings is 1. The fourth-order valence-electron chi connectivity index (χ4n) is 1.75. The van der Waals surface area contributed by atoms with Gasteiger partial charge in [-0.2, -0.15) is 5.10 Å². The first-order valence-corrected chi connectivity index (χ1v) is 5.75. The highest BCUT2D eigenvalue weighted by atomic mass is 79.9. The van der Waals surface area contributed by atoms with Crippen LogP contribution in [0.2, 0.25) is 0 Å². The lowest BCUT2D eigenvalue weighted by molar-refractivity contribution is 0.627. The van der Waals surface area contributed by atoms with Gasteiger partial charge in [0.2, 0.25) is 0 Å². The van der Waals surface area contributed by atoms with E-state index >= 15 is 0 Å². The highest BCUT2D eigenvalue weighted by Gasteiger charge is 2.16. The van der Waals surface area contributed by atoms with Crippen molar-refractivity contribution >= 4 is 15.9 Å². The van der Waals surface area contributed by atoms with Crippen molar-refractivity contribution in [2.45, 2.75) is 13.8 Å². The van der Waals surface area contributed by atoms with Gasteiger partial charge in [-0.25, -0.2) is 4.39 Å². The second-order valence-electron chi connectivity index (χ2n) is 3.85. The number of aromatic nitrogens is 2. The third kappa shape index (κ3) is 1.78. The SMILES string of the molecule is Cc1ccc(F)c(-c2c(Br)c(C)nn2C)c1. The smallest absolute Gasteiger partial charge is 0.132 e. The first kappa shape index (κ1) is 11.3. The van der Waals surface area contributed by atoms with Gasteiger partial charge in [-0.1, -0.05) is 11.6 Å². The Morgan fingerprint density at radius 2 is 2.00 bits per heavy atom. The molecule has 1 heterocycles. The van der Waals surface area contributed by atoms with Gasteiger partial charge < -0.3 is 0 Å². The molecule has 2 aromatic rings. The average molecular weight is 283 g/mol. The van der Waals surface area contributed by atoms with Crippen LogP contribution in [0.1, 0.15) is 11.3 Å². The van der Waals surface area contributed by atoms with E-state index in [0.29, 0.717) is 5.56 Å². The summed E-state index contributed by atoms with van der Waals surface area (Å²) in [7, 11) is 1.81. The molecule has 0 N–H and O–H groups in total. The van der Waals surface area contributed by atoms with Crippen molar-refractivity contribution in [3.63, 3.8) is 0 Å². The van der Waals surface area contributed by atoms with Gasteiger partial charge in [0.15, 0.2) is 0 Å². The second-order valence-corrected chi connectivity index (χ2v) is 4.65. The van der Waals surface area contributed by atoms with E-state index in [1.165, 1.54) is 6.07 Å². The van der Waals surface area contributed by atoms with Crippen LogP contribution < -0.4 is 0 Å². The lowest BCUT2D eigenvalue weighted by Crippen LogP contribution is -1.96. The van der Waals surface area contributed by atoms with Gasteiger partial charge in [0.1, 0.15) is 5.82 Å². The van der Waals surface area contributed by atoms with Crippen LogP contribution in [0, 0.1) is 19.7 Å². The van der Waals surface area contributed by atoms with Gasteiger partial charge in [0.25, 0.3) is 0 Å². The topological polar surface area (TPSA) is 17.8 Å². The summed E-state index contributed by atoms with van der Waals surface area (Å²) in [6.45, 7) is 3.83. The Morgan fingerprint density at radius 1 is 1.31 bits per heavy atom. The molecule has 2 nitrogen and oxygen atoms in total. The number of hydrogen-bond donors (Lipinski definition) is 0. The standard InChI is InChI=1S/C12H12BrFN2/c1-7-4-5-10(14)9(6-7)12-11(13)8(2)15-16(12)3/h4-6H,1-3H3. The molecule has 0 unspecified atom stereocenters. The summed E-state index contributed by atoms with van der Waals surface area (Å²) in [5.41, 5.74) is 3.24. The Bertz CT molecular complexity index is 546. The van der Waals surface area contributed by atoms with Crippen molar-refractivity contribution in [2.24, 2.45) is 7.05 Å². The molecular weight excluding hydrogens is 271 g/mol. The number of hydrogen-bond acceptors (Lipinski definition) is 1. The normalized spacial score (nSPS) is 10.8. The number of aryl methyl sites for hydroxylation is 3. The van der Waals surface area contributed by atoms with E-state index in [2.05, 4.69) is 21.0 Å². The molecule has 2 rings (SSSR count). The predicted octanol–water partition coefficient (Wildman–Crippen LogP) is 3.61. The summed E-state index contributed by atoms with van der Waals surface area (Å²) in [5, 5.41) is 4.26. The molecule has 1 aromatic carbocycles. The third-order valence-electron chi connectivity index (χ3n) is 2.53. The maximum atomic E-state index is 13.8.